The van der Waals surface area contributed by atoms with Gasteiger partial charge >= 0.3 is 0 Å². The molecule has 0 amide bonds. The van der Waals surface area contributed by atoms with Crippen molar-refractivity contribution in [1.29, 1.82) is 0 Å². The molecular weight excluding hydrogens is 272 g/mol. The highest BCUT2D eigenvalue weighted by Gasteiger charge is 2.20. The predicted octanol–water partition coefficient (Wildman–Crippen LogP) is 2.98. The third kappa shape index (κ3) is 3.96. The minimum atomic E-state index is -3.45. The van der Waals surface area contributed by atoms with E-state index in [0.717, 1.165) is 6.54 Å². The summed E-state index contributed by atoms with van der Waals surface area (Å²) in [5.41, 5.74) is 0.701. The fraction of sp³-hybridized carbons (Fsp3) is 0.600. The van der Waals surface area contributed by atoms with Gasteiger partial charge in [-0.25, -0.2) is 13.1 Å². The van der Waals surface area contributed by atoms with Gasteiger partial charge < -0.3 is 5.32 Å². The minimum Gasteiger partial charge on any atom is -0.384 e. The smallest absolute Gasteiger partial charge is 0.242 e. The Morgan fingerprint density at radius 1 is 1.20 bits per heavy atom. The first-order valence-corrected chi connectivity index (χ1v) is 8.82. The fourth-order valence-electron chi connectivity index (χ4n) is 2.69. The van der Waals surface area contributed by atoms with Crippen LogP contribution in [0.15, 0.2) is 29.2 Å². The predicted molar refractivity (Wildman–Crippen MR) is 82.3 cm³/mol. The van der Waals surface area contributed by atoms with Gasteiger partial charge in [-0.1, -0.05) is 25.0 Å². The summed E-state index contributed by atoms with van der Waals surface area (Å²) in [6.45, 7) is 4.51. The zero-order valence-electron chi connectivity index (χ0n) is 12.2. The van der Waals surface area contributed by atoms with Crippen molar-refractivity contribution in [1.82, 2.24) is 4.72 Å². The van der Waals surface area contributed by atoms with Gasteiger partial charge in [0.2, 0.25) is 10.0 Å². The maximum absolute atomic E-state index is 12.3. The summed E-state index contributed by atoms with van der Waals surface area (Å²) in [6, 6.07) is 7.01. The average Bonchev–Trinajstić information content (AvgIpc) is 2.88. The van der Waals surface area contributed by atoms with Crippen LogP contribution in [0.5, 0.6) is 0 Å². The Kier molecular flexibility index (Phi) is 5.05. The molecule has 112 valence electrons. The van der Waals surface area contributed by atoms with Crippen LogP contribution in [0, 0.1) is 5.92 Å². The third-order valence-electron chi connectivity index (χ3n) is 3.62. The summed E-state index contributed by atoms with van der Waals surface area (Å²) >= 11 is 0. The van der Waals surface area contributed by atoms with Crippen molar-refractivity contribution in [2.75, 3.05) is 11.9 Å². The van der Waals surface area contributed by atoms with Gasteiger partial charge in [0, 0.05) is 12.6 Å². The molecule has 0 heterocycles. The SMILES string of the molecule is CC(C)NS(=O)(=O)c1ccccc1NCC1CCCC1. The quantitative estimate of drug-likeness (QED) is 0.848. The first-order valence-electron chi connectivity index (χ1n) is 7.34. The normalized spacial score (nSPS) is 16.8. The number of sulfonamides is 1. The highest BCUT2D eigenvalue weighted by molar-refractivity contribution is 7.89. The van der Waals surface area contributed by atoms with Crippen LogP contribution in [0.3, 0.4) is 0 Å². The number of rotatable bonds is 6. The Hall–Kier alpha value is -1.07. The molecule has 2 N–H and O–H groups in total. The molecule has 2 rings (SSSR count). The Bertz CT molecular complexity index is 535. The Morgan fingerprint density at radius 3 is 2.50 bits per heavy atom. The summed E-state index contributed by atoms with van der Waals surface area (Å²) in [4.78, 5) is 0.340. The van der Waals surface area contributed by atoms with Crippen LogP contribution >= 0.6 is 0 Å². The first kappa shape index (κ1) is 15.3. The number of para-hydroxylation sites is 1. The molecule has 1 aliphatic carbocycles. The van der Waals surface area contributed by atoms with Gasteiger partial charge in [0.15, 0.2) is 0 Å². The lowest BCUT2D eigenvalue weighted by atomic mass is 10.1. The van der Waals surface area contributed by atoms with E-state index >= 15 is 0 Å². The van der Waals surface area contributed by atoms with Gasteiger partial charge in [-0.2, -0.15) is 0 Å². The van der Waals surface area contributed by atoms with E-state index in [4.69, 9.17) is 0 Å². The van der Waals surface area contributed by atoms with E-state index in [0.29, 0.717) is 16.5 Å². The molecule has 0 radical (unpaired) electrons. The molecule has 20 heavy (non-hydrogen) atoms. The van der Waals surface area contributed by atoms with E-state index in [1.165, 1.54) is 25.7 Å². The number of benzene rings is 1. The van der Waals surface area contributed by atoms with Crippen LogP contribution in [0.2, 0.25) is 0 Å². The molecule has 0 saturated heterocycles. The summed E-state index contributed by atoms with van der Waals surface area (Å²) in [7, 11) is -3.45. The van der Waals surface area contributed by atoms with E-state index in [-0.39, 0.29) is 6.04 Å². The molecule has 5 heteroatoms. The monoisotopic (exact) mass is 296 g/mol. The lowest BCUT2D eigenvalue weighted by molar-refractivity contribution is 0.567. The second-order valence-corrected chi connectivity index (χ2v) is 7.49. The number of nitrogens with one attached hydrogen (secondary N) is 2. The molecule has 0 atom stereocenters. The van der Waals surface area contributed by atoms with E-state index < -0.39 is 10.0 Å². The van der Waals surface area contributed by atoms with Crippen LogP contribution < -0.4 is 10.0 Å². The number of anilines is 1. The molecule has 0 aliphatic heterocycles. The lowest BCUT2D eigenvalue weighted by Gasteiger charge is -2.16. The van der Waals surface area contributed by atoms with Gasteiger partial charge in [0.05, 0.1) is 5.69 Å². The highest BCUT2D eigenvalue weighted by Crippen LogP contribution is 2.26. The standard InChI is InChI=1S/C15H24N2O2S/c1-12(2)17-20(18,19)15-10-6-5-9-14(15)16-11-13-7-3-4-8-13/h5-6,9-10,12-13,16-17H,3-4,7-8,11H2,1-2H3. The molecule has 0 spiro atoms. The molecule has 0 aromatic heterocycles. The van der Waals surface area contributed by atoms with E-state index in [1.807, 2.05) is 26.0 Å². The first-order chi connectivity index (χ1) is 9.49. The van der Waals surface area contributed by atoms with Crippen molar-refractivity contribution in [3.63, 3.8) is 0 Å². The number of hydrogen-bond acceptors (Lipinski definition) is 3. The molecule has 1 fully saturated rings. The second kappa shape index (κ2) is 6.59. The second-order valence-electron chi connectivity index (χ2n) is 5.80. The van der Waals surface area contributed by atoms with Crippen molar-refractivity contribution in [2.45, 2.75) is 50.5 Å². The van der Waals surface area contributed by atoms with Crippen LogP contribution in [-0.2, 0) is 10.0 Å². The fourth-order valence-corrected chi connectivity index (χ4v) is 4.12. The Labute approximate surface area is 122 Å². The highest BCUT2D eigenvalue weighted by atomic mass is 32.2. The Morgan fingerprint density at radius 2 is 1.85 bits per heavy atom. The molecule has 1 aromatic rings. The molecule has 1 aliphatic rings. The Balaban J connectivity index is 2.13. The summed E-state index contributed by atoms with van der Waals surface area (Å²) in [6.07, 6.45) is 5.07. The summed E-state index contributed by atoms with van der Waals surface area (Å²) in [5, 5.41) is 3.32. The molecule has 1 aromatic carbocycles. The minimum absolute atomic E-state index is 0.108. The van der Waals surface area contributed by atoms with Crippen molar-refractivity contribution < 1.29 is 8.42 Å². The zero-order valence-corrected chi connectivity index (χ0v) is 13.0. The lowest BCUT2D eigenvalue weighted by Crippen LogP contribution is -2.31. The van der Waals surface area contributed by atoms with Crippen LogP contribution in [-0.4, -0.2) is 21.0 Å². The molecule has 4 nitrogen and oxygen atoms in total. The maximum atomic E-state index is 12.3. The summed E-state index contributed by atoms with van der Waals surface area (Å²) < 4.78 is 27.3. The van der Waals surface area contributed by atoms with Crippen molar-refractivity contribution in [2.24, 2.45) is 5.92 Å². The van der Waals surface area contributed by atoms with Crippen molar-refractivity contribution in [3.8, 4) is 0 Å². The third-order valence-corrected chi connectivity index (χ3v) is 5.34. The van der Waals surface area contributed by atoms with E-state index in [1.54, 1.807) is 12.1 Å². The van der Waals surface area contributed by atoms with Gasteiger partial charge in [-0.05, 0) is 44.7 Å². The zero-order chi connectivity index (χ0) is 14.6. The number of hydrogen-bond donors (Lipinski definition) is 2. The average molecular weight is 296 g/mol. The maximum Gasteiger partial charge on any atom is 0.242 e. The van der Waals surface area contributed by atoms with Crippen molar-refractivity contribution >= 4 is 15.7 Å². The largest absolute Gasteiger partial charge is 0.384 e. The van der Waals surface area contributed by atoms with Gasteiger partial charge in [-0.3, -0.25) is 0 Å². The van der Waals surface area contributed by atoms with Crippen LogP contribution in [0.25, 0.3) is 0 Å². The molecule has 0 unspecified atom stereocenters. The van der Waals surface area contributed by atoms with Crippen LogP contribution in [0.1, 0.15) is 39.5 Å². The molecule has 1 saturated carbocycles. The van der Waals surface area contributed by atoms with Crippen molar-refractivity contribution in [3.05, 3.63) is 24.3 Å². The van der Waals surface area contributed by atoms with Gasteiger partial charge in [0.25, 0.3) is 0 Å². The van der Waals surface area contributed by atoms with Crippen LogP contribution in [0.4, 0.5) is 5.69 Å². The molecule has 0 bridgehead atoms. The topological polar surface area (TPSA) is 58.2 Å². The van der Waals surface area contributed by atoms with E-state index in [9.17, 15) is 8.42 Å². The van der Waals surface area contributed by atoms with E-state index in [2.05, 4.69) is 10.0 Å². The van der Waals surface area contributed by atoms with Gasteiger partial charge in [0.1, 0.15) is 4.90 Å². The summed E-state index contributed by atoms with van der Waals surface area (Å²) in [5.74, 6) is 0.670. The van der Waals surface area contributed by atoms with Gasteiger partial charge in [-0.15, -0.1) is 0 Å². The molecular formula is C15H24N2O2S.